The molecule has 28 heavy (non-hydrogen) atoms. The molecule has 9 heteroatoms. The molecule has 2 N–H and O–H groups in total. The largest absolute Gasteiger partial charge is 0.416 e. The van der Waals surface area contributed by atoms with Crippen LogP contribution in [0, 0.1) is 0 Å². The molecule has 1 unspecified atom stereocenters. The van der Waals surface area contributed by atoms with Gasteiger partial charge in [-0.25, -0.2) is 14.3 Å². The lowest BCUT2D eigenvalue weighted by Crippen LogP contribution is -2.26. The molecule has 0 aliphatic heterocycles. The van der Waals surface area contributed by atoms with Gasteiger partial charge in [0.1, 0.15) is 18.7 Å². The molecule has 0 saturated carbocycles. The van der Waals surface area contributed by atoms with Crippen LogP contribution in [0.25, 0.3) is 10.9 Å². The fraction of sp³-hybridized carbons (Fsp3) is 0.105. The summed E-state index contributed by atoms with van der Waals surface area (Å²) >= 11 is 0. The van der Waals surface area contributed by atoms with E-state index in [1.165, 1.54) is 29.5 Å². The van der Waals surface area contributed by atoms with Crippen molar-refractivity contribution in [2.24, 2.45) is 0 Å². The molecule has 142 valence electrons. The van der Waals surface area contributed by atoms with E-state index in [2.05, 4.69) is 10.1 Å². The van der Waals surface area contributed by atoms with E-state index in [0.717, 1.165) is 16.8 Å². The summed E-state index contributed by atoms with van der Waals surface area (Å²) in [6, 6.07) is 12.5. The number of hydrogen-bond acceptors (Lipinski definition) is 4. The first-order chi connectivity index (χ1) is 13.3. The first-order valence-corrected chi connectivity index (χ1v) is 8.26. The first kappa shape index (κ1) is 17.8. The van der Waals surface area contributed by atoms with Crippen molar-refractivity contribution in [2.75, 3.05) is 5.84 Å². The quantitative estimate of drug-likeness (QED) is 0.550. The number of halogens is 3. The lowest BCUT2D eigenvalue weighted by Gasteiger charge is -2.20. The van der Waals surface area contributed by atoms with Crippen molar-refractivity contribution in [3.05, 3.63) is 94.3 Å². The van der Waals surface area contributed by atoms with Crippen molar-refractivity contribution in [2.45, 2.75) is 12.2 Å². The molecule has 6 nitrogen and oxygen atoms in total. The van der Waals surface area contributed by atoms with Gasteiger partial charge in [0.05, 0.1) is 11.1 Å². The molecule has 2 aromatic heterocycles. The third-order valence-electron chi connectivity index (χ3n) is 4.50. The van der Waals surface area contributed by atoms with E-state index in [1.807, 2.05) is 0 Å². The number of hydrogen-bond donors (Lipinski definition) is 1. The first-order valence-electron chi connectivity index (χ1n) is 8.26. The zero-order chi connectivity index (χ0) is 19.9. The lowest BCUT2D eigenvalue weighted by molar-refractivity contribution is -0.137. The minimum Gasteiger partial charge on any atom is -0.336 e. The summed E-state index contributed by atoms with van der Waals surface area (Å²) in [5.74, 6) is 5.77. The molecule has 0 saturated heterocycles. The highest BCUT2D eigenvalue weighted by molar-refractivity contribution is 5.80. The highest BCUT2D eigenvalue weighted by Gasteiger charge is 2.31. The second-order valence-electron chi connectivity index (χ2n) is 6.26. The Balaban J connectivity index is 1.90. The number of nitrogen functional groups attached to an aromatic ring is 1. The molecule has 0 aliphatic carbocycles. The van der Waals surface area contributed by atoms with E-state index in [1.54, 1.807) is 30.3 Å². The van der Waals surface area contributed by atoms with Gasteiger partial charge in [0.25, 0.3) is 5.56 Å². The number of fused-ring (bicyclic) bond motifs is 1. The fourth-order valence-electron chi connectivity index (χ4n) is 3.19. The normalized spacial score (nSPS) is 13.0. The Morgan fingerprint density at radius 2 is 1.79 bits per heavy atom. The molecule has 4 rings (SSSR count). The molecule has 1 atom stereocenters. The third kappa shape index (κ3) is 3.11. The molecule has 0 aliphatic rings. The Morgan fingerprint density at radius 3 is 2.50 bits per heavy atom. The predicted molar refractivity (Wildman–Crippen MR) is 97.1 cm³/mol. The van der Waals surface area contributed by atoms with E-state index in [9.17, 15) is 18.0 Å². The summed E-state index contributed by atoms with van der Waals surface area (Å²) in [7, 11) is 0. The maximum Gasteiger partial charge on any atom is 0.416 e. The molecule has 0 spiro atoms. The van der Waals surface area contributed by atoms with E-state index >= 15 is 0 Å². The van der Waals surface area contributed by atoms with Crippen LogP contribution in [0.5, 0.6) is 0 Å². The average Bonchev–Trinajstić information content (AvgIpc) is 3.19. The minimum atomic E-state index is -4.46. The molecule has 2 aromatic carbocycles. The van der Waals surface area contributed by atoms with Gasteiger partial charge in [-0.15, -0.1) is 0 Å². The SMILES string of the molecule is Nn1c(=O)ccc2cc(C(c3cccc(C(F)(F)F)c3)n3cncn3)ccc21. The molecule has 0 amide bonds. The summed E-state index contributed by atoms with van der Waals surface area (Å²) in [6.07, 6.45) is -1.69. The maximum absolute atomic E-state index is 13.2. The molecular weight excluding hydrogens is 371 g/mol. The third-order valence-corrected chi connectivity index (χ3v) is 4.50. The zero-order valence-corrected chi connectivity index (χ0v) is 14.3. The van der Waals surface area contributed by atoms with Gasteiger partial charge in [-0.1, -0.05) is 18.2 Å². The van der Waals surface area contributed by atoms with Crippen LogP contribution in [0.2, 0.25) is 0 Å². The molecule has 0 radical (unpaired) electrons. The van der Waals surface area contributed by atoms with Gasteiger partial charge in [-0.2, -0.15) is 18.3 Å². The van der Waals surface area contributed by atoms with Gasteiger partial charge >= 0.3 is 6.18 Å². The Kier molecular flexibility index (Phi) is 4.14. The van der Waals surface area contributed by atoms with Crippen molar-refractivity contribution in [1.82, 2.24) is 19.4 Å². The second-order valence-corrected chi connectivity index (χ2v) is 6.26. The van der Waals surface area contributed by atoms with Gasteiger partial charge in [-0.05, 0) is 41.5 Å². The summed E-state index contributed by atoms with van der Waals surface area (Å²) < 4.78 is 42.1. The monoisotopic (exact) mass is 385 g/mol. The highest BCUT2D eigenvalue weighted by atomic mass is 19.4. The summed E-state index contributed by atoms with van der Waals surface area (Å²) in [5, 5.41) is 4.79. The summed E-state index contributed by atoms with van der Waals surface area (Å²) in [4.78, 5) is 15.6. The number of aromatic nitrogens is 4. The van der Waals surface area contributed by atoms with Crippen LogP contribution in [0.15, 0.2) is 72.0 Å². The molecule has 2 heterocycles. The van der Waals surface area contributed by atoms with Gasteiger partial charge in [0.2, 0.25) is 0 Å². The lowest BCUT2D eigenvalue weighted by atomic mass is 9.96. The Labute approximate surface area is 156 Å². The van der Waals surface area contributed by atoms with Crippen molar-refractivity contribution in [3.63, 3.8) is 0 Å². The van der Waals surface area contributed by atoms with Crippen LogP contribution >= 0.6 is 0 Å². The highest BCUT2D eigenvalue weighted by Crippen LogP contribution is 2.34. The Bertz CT molecular complexity index is 1200. The minimum absolute atomic E-state index is 0.356. The van der Waals surface area contributed by atoms with Crippen LogP contribution in [-0.4, -0.2) is 19.4 Å². The Hall–Kier alpha value is -3.62. The van der Waals surface area contributed by atoms with E-state index in [4.69, 9.17) is 5.84 Å². The van der Waals surface area contributed by atoms with Crippen LogP contribution in [0.3, 0.4) is 0 Å². The number of alkyl halides is 3. The maximum atomic E-state index is 13.2. The van der Waals surface area contributed by atoms with Gasteiger partial charge in [0.15, 0.2) is 0 Å². The fourth-order valence-corrected chi connectivity index (χ4v) is 3.19. The van der Waals surface area contributed by atoms with Crippen LogP contribution in [0.4, 0.5) is 13.2 Å². The molecular formula is C19H14F3N5O. The number of rotatable bonds is 3. The number of nitrogens with zero attached hydrogens (tertiary/aromatic N) is 4. The van der Waals surface area contributed by atoms with Crippen molar-refractivity contribution < 1.29 is 13.2 Å². The van der Waals surface area contributed by atoms with Gasteiger partial charge in [-0.3, -0.25) is 4.79 Å². The summed E-state index contributed by atoms with van der Waals surface area (Å²) in [5.41, 5.74) is 0.493. The summed E-state index contributed by atoms with van der Waals surface area (Å²) in [6.45, 7) is 0. The topological polar surface area (TPSA) is 78.7 Å². The predicted octanol–water partition coefficient (Wildman–Crippen LogP) is 2.96. The van der Waals surface area contributed by atoms with Crippen molar-refractivity contribution in [3.8, 4) is 0 Å². The van der Waals surface area contributed by atoms with Gasteiger partial charge in [0, 0.05) is 11.5 Å². The van der Waals surface area contributed by atoms with E-state index in [-0.39, 0.29) is 5.56 Å². The van der Waals surface area contributed by atoms with E-state index < -0.39 is 17.8 Å². The molecule has 4 aromatic rings. The zero-order valence-electron chi connectivity index (χ0n) is 14.3. The molecule has 0 fully saturated rings. The molecule has 0 bridgehead atoms. The second kappa shape index (κ2) is 6.52. The van der Waals surface area contributed by atoms with Crippen LogP contribution < -0.4 is 11.4 Å². The van der Waals surface area contributed by atoms with Crippen molar-refractivity contribution in [1.29, 1.82) is 0 Å². The van der Waals surface area contributed by atoms with E-state index in [0.29, 0.717) is 22.0 Å². The average molecular weight is 385 g/mol. The Morgan fingerprint density at radius 1 is 1.00 bits per heavy atom. The number of nitrogens with two attached hydrogens (primary N) is 1. The number of benzene rings is 2. The van der Waals surface area contributed by atoms with Crippen molar-refractivity contribution >= 4 is 10.9 Å². The van der Waals surface area contributed by atoms with Crippen LogP contribution in [0.1, 0.15) is 22.7 Å². The smallest absolute Gasteiger partial charge is 0.336 e. The standard InChI is InChI=1S/C19H14F3N5O/c20-19(21,22)15-3-1-2-13(9-15)18(26-11-24-10-25-26)14-4-6-16-12(8-14)5-7-17(28)27(16)23/h1-11,18H,23H2. The van der Waals surface area contributed by atoms with Crippen LogP contribution in [-0.2, 0) is 6.18 Å². The van der Waals surface area contributed by atoms with Gasteiger partial charge < -0.3 is 5.84 Å². The number of pyridine rings is 1.